The van der Waals surface area contributed by atoms with Gasteiger partial charge in [0.2, 0.25) is 0 Å². The molecule has 1 unspecified atom stereocenters. The van der Waals surface area contributed by atoms with E-state index in [1.54, 1.807) is 6.92 Å². The van der Waals surface area contributed by atoms with E-state index in [2.05, 4.69) is 0 Å². The van der Waals surface area contributed by atoms with Gasteiger partial charge in [0.25, 0.3) is 0 Å². The van der Waals surface area contributed by atoms with Crippen LogP contribution in [0.5, 0.6) is 0 Å². The molecule has 1 atom stereocenters. The molecule has 1 aliphatic rings. The molecular formula is C18H17ClF2O2S. The lowest BCUT2D eigenvalue weighted by Gasteiger charge is -2.38. The van der Waals surface area contributed by atoms with E-state index < -0.39 is 26.2 Å². The maximum atomic E-state index is 14.6. The van der Waals surface area contributed by atoms with Crippen molar-refractivity contribution in [2.24, 2.45) is 0 Å². The quantitative estimate of drug-likeness (QED) is 0.759. The monoisotopic (exact) mass is 370 g/mol. The summed E-state index contributed by atoms with van der Waals surface area (Å²) >= 11 is 5.84. The lowest BCUT2D eigenvalue weighted by Crippen LogP contribution is -2.40. The second-order valence-electron chi connectivity index (χ2n) is 6.04. The van der Waals surface area contributed by atoms with E-state index in [0.717, 1.165) is 12.1 Å². The first-order valence-electron chi connectivity index (χ1n) is 7.81. The van der Waals surface area contributed by atoms with Crippen LogP contribution in [0.4, 0.5) is 8.78 Å². The van der Waals surface area contributed by atoms with Crippen molar-refractivity contribution in [3.05, 3.63) is 64.2 Å². The number of fused-ring (bicyclic) bond motifs is 1. The molecule has 0 aromatic heterocycles. The molecule has 0 saturated heterocycles. The first-order chi connectivity index (χ1) is 11.3. The molecule has 0 aliphatic heterocycles. The molecular weight excluding hydrogens is 354 g/mol. The normalized spacial score (nSPS) is 20.7. The van der Waals surface area contributed by atoms with Crippen molar-refractivity contribution in [2.75, 3.05) is 0 Å². The smallest absolute Gasteiger partial charge is 0.188 e. The van der Waals surface area contributed by atoms with E-state index in [0.29, 0.717) is 17.9 Å². The molecule has 0 amide bonds. The lowest BCUT2D eigenvalue weighted by atomic mass is 9.80. The third-order valence-corrected chi connectivity index (χ3v) is 7.75. The van der Waals surface area contributed by atoms with Gasteiger partial charge in [0, 0.05) is 10.6 Å². The average molecular weight is 371 g/mol. The molecule has 0 spiro atoms. The molecule has 6 heteroatoms. The van der Waals surface area contributed by atoms with Crippen LogP contribution in [0.3, 0.4) is 0 Å². The molecule has 0 heterocycles. The highest BCUT2D eigenvalue weighted by Gasteiger charge is 2.49. The summed E-state index contributed by atoms with van der Waals surface area (Å²) in [5.41, 5.74) is 0.173. The number of sulfone groups is 1. The number of rotatable bonds is 3. The van der Waals surface area contributed by atoms with E-state index in [-0.39, 0.29) is 28.9 Å². The van der Waals surface area contributed by atoms with Gasteiger partial charge in [-0.15, -0.1) is 0 Å². The molecule has 0 saturated carbocycles. The van der Waals surface area contributed by atoms with Crippen LogP contribution in [-0.2, 0) is 21.0 Å². The van der Waals surface area contributed by atoms with Crippen molar-refractivity contribution in [1.82, 2.24) is 0 Å². The number of hydrogen-bond donors (Lipinski definition) is 0. The van der Waals surface area contributed by atoms with E-state index in [1.165, 1.54) is 24.3 Å². The Morgan fingerprint density at radius 1 is 1.08 bits per heavy atom. The molecule has 2 nitrogen and oxygen atoms in total. The van der Waals surface area contributed by atoms with Crippen LogP contribution in [0.1, 0.15) is 37.3 Å². The molecule has 3 rings (SSSR count). The van der Waals surface area contributed by atoms with E-state index >= 15 is 0 Å². The zero-order valence-corrected chi connectivity index (χ0v) is 14.7. The van der Waals surface area contributed by atoms with Gasteiger partial charge in [-0.25, -0.2) is 17.2 Å². The SMILES string of the molecule is CCC1(S(=O)(=O)c2ccc(Cl)cc2)CCCc2c(F)ccc(F)c21. The fourth-order valence-corrected chi connectivity index (χ4v) is 6.01. The Balaban J connectivity index is 2.29. The zero-order chi connectivity index (χ0) is 17.5. The van der Waals surface area contributed by atoms with Gasteiger partial charge in [-0.1, -0.05) is 18.5 Å². The number of benzene rings is 2. The summed E-state index contributed by atoms with van der Waals surface area (Å²) in [5.74, 6) is -1.21. The molecule has 2 aromatic rings. The molecule has 0 N–H and O–H groups in total. The molecule has 0 bridgehead atoms. The Morgan fingerprint density at radius 3 is 2.33 bits per heavy atom. The minimum atomic E-state index is -3.91. The Morgan fingerprint density at radius 2 is 1.71 bits per heavy atom. The summed E-state index contributed by atoms with van der Waals surface area (Å²) in [7, 11) is -3.91. The second kappa shape index (κ2) is 6.12. The third kappa shape index (κ3) is 2.45. The van der Waals surface area contributed by atoms with Gasteiger partial charge in [0.15, 0.2) is 9.84 Å². The predicted octanol–water partition coefficient (Wildman–Crippen LogP) is 5.03. The summed E-state index contributed by atoms with van der Waals surface area (Å²) in [6.07, 6.45) is 1.28. The van der Waals surface area contributed by atoms with Crippen LogP contribution >= 0.6 is 11.6 Å². The van der Waals surface area contributed by atoms with E-state index in [1.807, 2.05) is 0 Å². The van der Waals surface area contributed by atoms with Crippen molar-refractivity contribution < 1.29 is 17.2 Å². The second-order valence-corrected chi connectivity index (χ2v) is 8.74. The van der Waals surface area contributed by atoms with Gasteiger partial charge in [0.05, 0.1) is 4.90 Å². The Bertz CT molecular complexity index is 879. The van der Waals surface area contributed by atoms with E-state index in [4.69, 9.17) is 11.6 Å². The Kier molecular flexibility index (Phi) is 4.43. The summed E-state index contributed by atoms with van der Waals surface area (Å²) < 4.78 is 54.0. The van der Waals surface area contributed by atoms with Crippen LogP contribution in [0.2, 0.25) is 5.02 Å². The van der Waals surface area contributed by atoms with Gasteiger partial charge in [0.1, 0.15) is 16.4 Å². The minimum Gasteiger partial charge on any atom is -0.223 e. The van der Waals surface area contributed by atoms with Crippen LogP contribution in [-0.4, -0.2) is 8.42 Å². The van der Waals surface area contributed by atoms with E-state index in [9.17, 15) is 17.2 Å². The number of hydrogen-bond acceptors (Lipinski definition) is 2. The average Bonchev–Trinajstić information content (AvgIpc) is 2.58. The van der Waals surface area contributed by atoms with Crippen molar-refractivity contribution in [3.63, 3.8) is 0 Å². The van der Waals surface area contributed by atoms with Crippen molar-refractivity contribution >= 4 is 21.4 Å². The third-order valence-electron chi connectivity index (χ3n) is 4.88. The van der Waals surface area contributed by atoms with Crippen molar-refractivity contribution in [3.8, 4) is 0 Å². The Hall–Kier alpha value is -1.46. The van der Waals surface area contributed by atoms with Crippen LogP contribution < -0.4 is 0 Å². The zero-order valence-electron chi connectivity index (χ0n) is 13.2. The predicted molar refractivity (Wildman–Crippen MR) is 89.9 cm³/mol. The molecule has 0 radical (unpaired) electrons. The van der Waals surface area contributed by atoms with Crippen molar-refractivity contribution in [2.45, 2.75) is 42.2 Å². The maximum absolute atomic E-state index is 14.6. The highest BCUT2D eigenvalue weighted by molar-refractivity contribution is 7.92. The van der Waals surface area contributed by atoms with Gasteiger partial charge >= 0.3 is 0 Å². The highest BCUT2D eigenvalue weighted by Crippen LogP contribution is 2.48. The maximum Gasteiger partial charge on any atom is 0.188 e. The number of halogens is 3. The lowest BCUT2D eigenvalue weighted by molar-refractivity contribution is 0.414. The first-order valence-corrected chi connectivity index (χ1v) is 9.67. The van der Waals surface area contributed by atoms with Crippen LogP contribution in [0.25, 0.3) is 0 Å². The summed E-state index contributed by atoms with van der Waals surface area (Å²) in [4.78, 5) is 0.0743. The summed E-state index contributed by atoms with van der Waals surface area (Å²) in [6.45, 7) is 1.70. The molecule has 128 valence electrons. The fraction of sp³-hybridized carbons (Fsp3) is 0.333. The Labute approximate surface area is 145 Å². The van der Waals surface area contributed by atoms with Gasteiger partial charge in [-0.2, -0.15) is 0 Å². The highest BCUT2D eigenvalue weighted by atomic mass is 35.5. The molecule has 24 heavy (non-hydrogen) atoms. The summed E-state index contributed by atoms with van der Waals surface area (Å²) in [5, 5.41) is 0.417. The van der Waals surface area contributed by atoms with Gasteiger partial charge in [-0.3, -0.25) is 0 Å². The fourth-order valence-electron chi connectivity index (χ4n) is 3.66. The summed E-state index contributed by atoms with van der Waals surface area (Å²) in [6, 6.07) is 7.89. The largest absolute Gasteiger partial charge is 0.223 e. The standard InChI is InChI=1S/C18H17ClF2O2S/c1-2-18(24(22,23)13-7-5-12(19)6-8-13)11-3-4-14-15(20)9-10-16(21)17(14)18/h5-10H,2-4,11H2,1H3. The molecule has 0 fully saturated rings. The van der Waals surface area contributed by atoms with Gasteiger partial charge < -0.3 is 0 Å². The van der Waals surface area contributed by atoms with Crippen LogP contribution in [0, 0.1) is 11.6 Å². The first kappa shape index (κ1) is 17.4. The minimum absolute atomic E-state index is 0.00815. The van der Waals surface area contributed by atoms with Crippen LogP contribution in [0.15, 0.2) is 41.3 Å². The molecule has 2 aromatic carbocycles. The van der Waals surface area contributed by atoms with Gasteiger partial charge in [-0.05, 0) is 67.6 Å². The van der Waals surface area contributed by atoms with Crippen molar-refractivity contribution in [1.29, 1.82) is 0 Å². The topological polar surface area (TPSA) is 34.1 Å². The molecule has 1 aliphatic carbocycles.